The molecule has 7 heteroatoms. The Balaban J connectivity index is 1.97. The van der Waals surface area contributed by atoms with Crippen molar-refractivity contribution < 1.29 is 34.0 Å². The topological polar surface area (TPSA) is 106 Å². The summed E-state index contributed by atoms with van der Waals surface area (Å²) in [6.07, 6.45) is 0.361. The number of esters is 2. The molecule has 0 aromatic carbocycles. The summed E-state index contributed by atoms with van der Waals surface area (Å²) in [4.78, 5) is 24.6. The smallest absolute Gasteiger partial charge is 0.334 e. The van der Waals surface area contributed by atoms with Gasteiger partial charge in [-0.05, 0) is 25.0 Å². The SMILES string of the molecule is C=C1C(=O)O[C@H]2/C=C(/C)[C@@H](O)C[C@H]3O[C@@]3(CO)C[C@@H](OC(=O)[C@H](C)CC)[C@@H]12. The van der Waals surface area contributed by atoms with Crippen molar-refractivity contribution in [2.75, 3.05) is 6.61 Å². The number of carbonyl (C=O) groups excluding carboxylic acids is 2. The van der Waals surface area contributed by atoms with Gasteiger partial charge in [0.25, 0.3) is 0 Å². The van der Waals surface area contributed by atoms with Crippen LogP contribution in [0.15, 0.2) is 23.8 Å². The zero-order valence-corrected chi connectivity index (χ0v) is 16.0. The molecule has 3 aliphatic rings. The second kappa shape index (κ2) is 7.37. The maximum absolute atomic E-state index is 12.5. The summed E-state index contributed by atoms with van der Waals surface area (Å²) in [6.45, 7) is 9.01. The second-order valence-corrected chi connectivity index (χ2v) is 7.90. The number of carbonyl (C=O) groups is 2. The van der Waals surface area contributed by atoms with Crippen LogP contribution in [-0.2, 0) is 23.8 Å². The average molecular weight is 380 g/mol. The molecule has 27 heavy (non-hydrogen) atoms. The first-order valence-corrected chi connectivity index (χ1v) is 9.47. The van der Waals surface area contributed by atoms with Crippen molar-refractivity contribution >= 4 is 11.9 Å². The van der Waals surface area contributed by atoms with E-state index in [9.17, 15) is 19.8 Å². The standard InChI is InChI=1S/C20H28O7/c1-5-10(2)18(23)26-15-8-20(9-21)16(27-20)7-13(22)11(3)6-14-17(15)12(4)19(24)25-14/h6,10,13-17,21-22H,4-5,7-9H2,1-3H3/b11-6-/t10-,13+,14+,15-,16-,17+,20-/m1/s1. The van der Waals surface area contributed by atoms with E-state index >= 15 is 0 Å². The highest BCUT2D eigenvalue weighted by atomic mass is 16.6. The first kappa shape index (κ1) is 20.0. The molecule has 0 amide bonds. The van der Waals surface area contributed by atoms with E-state index in [-0.39, 0.29) is 36.6 Å². The van der Waals surface area contributed by atoms with E-state index in [4.69, 9.17) is 14.2 Å². The summed E-state index contributed by atoms with van der Waals surface area (Å²) in [5, 5.41) is 20.3. The molecule has 3 rings (SSSR count). The summed E-state index contributed by atoms with van der Waals surface area (Å²) >= 11 is 0. The number of hydrogen-bond acceptors (Lipinski definition) is 7. The van der Waals surface area contributed by atoms with E-state index < -0.39 is 35.8 Å². The summed E-state index contributed by atoms with van der Waals surface area (Å²) in [5.74, 6) is -1.78. The predicted molar refractivity (Wildman–Crippen MR) is 95.5 cm³/mol. The van der Waals surface area contributed by atoms with Crippen LogP contribution >= 0.6 is 0 Å². The van der Waals surface area contributed by atoms with Crippen molar-refractivity contribution in [3.05, 3.63) is 23.8 Å². The maximum atomic E-state index is 12.5. The Hall–Kier alpha value is -1.70. The van der Waals surface area contributed by atoms with Gasteiger partial charge in [0.05, 0.1) is 30.7 Å². The van der Waals surface area contributed by atoms with Crippen LogP contribution in [0.3, 0.4) is 0 Å². The molecule has 7 nitrogen and oxygen atoms in total. The van der Waals surface area contributed by atoms with Gasteiger partial charge in [-0.25, -0.2) is 4.79 Å². The summed E-state index contributed by atoms with van der Waals surface area (Å²) in [5.41, 5.74) is -0.0229. The summed E-state index contributed by atoms with van der Waals surface area (Å²) < 4.78 is 16.9. The quantitative estimate of drug-likeness (QED) is 0.327. The number of aliphatic hydroxyl groups excluding tert-OH is 2. The van der Waals surface area contributed by atoms with E-state index in [0.717, 1.165) is 0 Å². The first-order valence-electron chi connectivity index (χ1n) is 9.47. The number of rotatable bonds is 4. The van der Waals surface area contributed by atoms with Crippen LogP contribution in [0.25, 0.3) is 0 Å². The van der Waals surface area contributed by atoms with Crippen molar-refractivity contribution in [2.24, 2.45) is 11.8 Å². The molecule has 0 aromatic rings. The molecule has 2 saturated heterocycles. The van der Waals surface area contributed by atoms with Crippen molar-refractivity contribution in [2.45, 2.75) is 70.1 Å². The van der Waals surface area contributed by atoms with Gasteiger partial charge >= 0.3 is 11.9 Å². The Morgan fingerprint density at radius 2 is 2.22 bits per heavy atom. The van der Waals surface area contributed by atoms with E-state index in [1.54, 1.807) is 19.9 Å². The third-order valence-corrected chi connectivity index (χ3v) is 6.06. The third-order valence-electron chi connectivity index (χ3n) is 6.06. The number of aliphatic hydroxyl groups is 2. The lowest BCUT2D eigenvalue weighted by Gasteiger charge is -2.30. The molecule has 0 unspecified atom stereocenters. The Morgan fingerprint density at radius 3 is 2.85 bits per heavy atom. The largest absolute Gasteiger partial charge is 0.461 e. The van der Waals surface area contributed by atoms with E-state index in [1.807, 2.05) is 6.92 Å². The Labute approximate surface area is 159 Å². The maximum Gasteiger partial charge on any atom is 0.334 e. The van der Waals surface area contributed by atoms with Gasteiger partial charge in [-0.1, -0.05) is 20.4 Å². The first-order chi connectivity index (χ1) is 12.7. The molecule has 2 fully saturated rings. The molecule has 0 spiro atoms. The number of epoxide rings is 1. The molecule has 2 N–H and O–H groups in total. The monoisotopic (exact) mass is 380 g/mol. The van der Waals surface area contributed by atoms with Crippen LogP contribution in [0.1, 0.15) is 40.0 Å². The van der Waals surface area contributed by atoms with Gasteiger partial charge in [0.2, 0.25) is 0 Å². The van der Waals surface area contributed by atoms with Gasteiger partial charge in [0.15, 0.2) is 0 Å². The number of fused-ring (bicyclic) bond motifs is 2. The Morgan fingerprint density at radius 1 is 1.52 bits per heavy atom. The fourth-order valence-electron chi connectivity index (χ4n) is 3.85. The molecule has 2 aliphatic heterocycles. The molecule has 7 atom stereocenters. The van der Waals surface area contributed by atoms with Gasteiger partial charge in [-0.2, -0.15) is 0 Å². The minimum absolute atomic E-state index is 0.215. The lowest BCUT2D eigenvalue weighted by molar-refractivity contribution is -0.158. The normalized spacial score (nSPS) is 41.5. The highest BCUT2D eigenvalue weighted by molar-refractivity contribution is 5.91. The van der Waals surface area contributed by atoms with E-state index in [1.165, 1.54) is 0 Å². The average Bonchev–Trinajstić information content (AvgIpc) is 3.23. The van der Waals surface area contributed by atoms with Crippen LogP contribution < -0.4 is 0 Å². The number of ether oxygens (including phenoxy) is 3. The van der Waals surface area contributed by atoms with Crippen molar-refractivity contribution in [3.8, 4) is 0 Å². The second-order valence-electron chi connectivity index (χ2n) is 7.90. The van der Waals surface area contributed by atoms with Gasteiger partial charge < -0.3 is 24.4 Å². The van der Waals surface area contributed by atoms with Gasteiger partial charge in [0, 0.05) is 18.4 Å². The molecule has 0 bridgehead atoms. The van der Waals surface area contributed by atoms with Crippen LogP contribution in [0.4, 0.5) is 0 Å². The van der Waals surface area contributed by atoms with Gasteiger partial charge in [0.1, 0.15) is 17.8 Å². The van der Waals surface area contributed by atoms with Crippen molar-refractivity contribution in [1.29, 1.82) is 0 Å². The fourth-order valence-corrected chi connectivity index (χ4v) is 3.85. The van der Waals surface area contributed by atoms with Crippen LogP contribution in [-0.4, -0.2) is 58.8 Å². The number of hydrogen-bond donors (Lipinski definition) is 2. The molecule has 0 saturated carbocycles. The van der Waals surface area contributed by atoms with Crippen LogP contribution in [0.5, 0.6) is 0 Å². The molecule has 0 radical (unpaired) electrons. The highest BCUT2D eigenvalue weighted by Gasteiger charge is 2.60. The highest BCUT2D eigenvalue weighted by Crippen LogP contribution is 2.48. The van der Waals surface area contributed by atoms with E-state index in [2.05, 4.69) is 6.58 Å². The van der Waals surface area contributed by atoms with Crippen LogP contribution in [0.2, 0.25) is 0 Å². The van der Waals surface area contributed by atoms with Crippen LogP contribution in [0, 0.1) is 11.8 Å². The zero-order valence-electron chi connectivity index (χ0n) is 16.0. The molecular weight excluding hydrogens is 352 g/mol. The third kappa shape index (κ3) is 3.68. The summed E-state index contributed by atoms with van der Waals surface area (Å²) in [6, 6.07) is 0. The van der Waals surface area contributed by atoms with Gasteiger partial charge in [-0.15, -0.1) is 0 Å². The predicted octanol–water partition coefficient (Wildman–Crippen LogP) is 1.27. The minimum atomic E-state index is -0.893. The zero-order chi connectivity index (χ0) is 19.9. The minimum Gasteiger partial charge on any atom is -0.461 e. The fraction of sp³-hybridized carbons (Fsp3) is 0.700. The lowest BCUT2D eigenvalue weighted by atomic mass is 9.81. The van der Waals surface area contributed by atoms with Gasteiger partial charge in [-0.3, -0.25) is 4.79 Å². The molecule has 150 valence electrons. The lowest BCUT2D eigenvalue weighted by Crippen LogP contribution is -2.40. The Bertz CT molecular complexity index is 669. The van der Waals surface area contributed by atoms with Crippen molar-refractivity contribution in [3.63, 3.8) is 0 Å². The Kier molecular flexibility index (Phi) is 5.47. The molecule has 0 aromatic heterocycles. The molecular formula is C20H28O7. The molecule has 1 aliphatic carbocycles. The summed E-state index contributed by atoms with van der Waals surface area (Å²) in [7, 11) is 0. The van der Waals surface area contributed by atoms with E-state index in [0.29, 0.717) is 18.4 Å². The van der Waals surface area contributed by atoms with Crippen molar-refractivity contribution in [1.82, 2.24) is 0 Å². The molecule has 2 heterocycles.